The highest BCUT2D eigenvalue weighted by molar-refractivity contribution is 5.84. The van der Waals surface area contributed by atoms with Crippen LogP contribution in [0.3, 0.4) is 0 Å². The predicted octanol–water partition coefficient (Wildman–Crippen LogP) is 2.05. The van der Waals surface area contributed by atoms with E-state index >= 15 is 0 Å². The van der Waals surface area contributed by atoms with Crippen LogP contribution in [0.4, 0.5) is 0 Å². The lowest BCUT2D eigenvalue weighted by atomic mass is 10.2. The van der Waals surface area contributed by atoms with Crippen LogP contribution in [0.25, 0.3) is 0 Å². The molecule has 0 spiro atoms. The molecule has 7 heteroatoms. The minimum Gasteiger partial charge on any atom is -0.497 e. The van der Waals surface area contributed by atoms with Gasteiger partial charge in [0.1, 0.15) is 17.8 Å². The van der Waals surface area contributed by atoms with Crippen LogP contribution in [0.1, 0.15) is 16.1 Å². The van der Waals surface area contributed by atoms with E-state index in [0.717, 1.165) is 6.26 Å². The summed E-state index contributed by atoms with van der Waals surface area (Å²) in [5.41, 5.74) is 0.0674. The summed E-state index contributed by atoms with van der Waals surface area (Å²) in [7, 11) is 1.45. The third-order valence-corrected chi connectivity index (χ3v) is 2.15. The van der Waals surface area contributed by atoms with Gasteiger partial charge >= 0.3 is 12.0 Å². The van der Waals surface area contributed by atoms with Gasteiger partial charge in [0.05, 0.1) is 18.7 Å². The van der Waals surface area contributed by atoms with Gasteiger partial charge in [0.2, 0.25) is 0 Å². The van der Waals surface area contributed by atoms with Crippen LogP contribution in [0, 0.1) is 11.3 Å². The van der Waals surface area contributed by atoms with Crippen molar-refractivity contribution in [2.75, 3.05) is 7.11 Å². The molecule has 0 radical (unpaired) electrons. The Kier molecular flexibility index (Phi) is 3.34. The van der Waals surface area contributed by atoms with Crippen LogP contribution >= 0.6 is 0 Å². The van der Waals surface area contributed by atoms with Crippen LogP contribution in [-0.4, -0.2) is 23.2 Å². The van der Waals surface area contributed by atoms with Crippen LogP contribution in [0.5, 0.6) is 17.6 Å². The van der Waals surface area contributed by atoms with E-state index < -0.39 is 5.97 Å². The first kappa shape index (κ1) is 12.4. The molecule has 0 atom stereocenters. The first-order valence-electron chi connectivity index (χ1n) is 5.08. The monoisotopic (exact) mass is 260 g/mol. The number of methoxy groups -OCH3 is 1. The minimum absolute atomic E-state index is 0.227. The molecule has 0 saturated carbocycles. The van der Waals surface area contributed by atoms with Crippen molar-refractivity contribution in [3.8, 4) is 23.6 Å². The Balaban J connectivity index is 2.27. The van der Waals surface area contributed by atoms with Crippen LogP contribution < -0.4 is 9.47 Å². The van der Waals surface area contributed by atoms with Gasteiger partial charge < -0.3 is 19.0 Å². The lowest BCUT2D eigenvalue weighted by Crippen LogP contribution is -1.96. The number of nitrogens with zero attached hydrogens (tertiary/aromatic N) is 2. The summed E-state index contributed by atoms with van der Waals surface area (Å²) < 4.78 is 15.1. The summed E-state index contributed by atoms with van der Waals surface area (Å²) in [5.74, 6) is -0.532. The Hall–Kier alpha value is -3.01. The number of oxazole rings is 1. The van der Waals surface area contributed by atoms with Gasteiger partial charge in [-0.1, -0.05) is 0 Å². The fourth-order valence-corrected chi connectivity index (χ4v) is 1.32. The Labute approximate surface area is 107 Å². The Morgan fingerprint density at radius 2 is 2.16 bits per heavy atom. The zero-order valence-corrected chi connectivity index (χ0v) is 9.78. The second-order valence-electron chi connectivity index (χ2n) is 3.41. The highest BCUT2D eigenvalue weighted by Crippen LogP contribution is 2.26. The molecule has 2 rings (SSSR count). The van der Waals surface area contributed by atoms with E-state index in [0.29, 0.717) is 11.3 Å². The van der Waals surface area contributed by atoms with Gasteiger partial charge in [0.25, 0.3) is 0 Å². The molecule has 96 valence electrons. The summed E-state index contributed by atoms with van der Waals surface area (Å²) >= 11 is 0. The van der Waals surface area contributed by atoms with Crippen molar-refractivity contribution in [2.45, 2.75) is 0 Å². The Morgan fingerprint density at radius 1 is 1.42 bits per heavy atom. The van der Waals surface area contributed by atoms with Gasteiger partial charge in [0.15, 0.2) is 5.69 Å². The topological polar surface area (TPSA) is 106 Å². The van der Waals surface area contributed by atoms with Crippen LogP contribution in [0.15, 0.2) is 28.9 Å². The molecule has 0 aliphatic rings. The summed E-state index contributed by atoms with van der Waals surface area (Å²) in [6.45, 7) is 0. The molecule has 0 aliphatic heterocycles. The Morgan fingerprint density at radius 3 is 2.74 bits per heavy atom. The first-order valence-corrected chi connectivity index (χ1v) is 5.08. The second-order valence-corrected chi connectivity index (χ2v) is 3.41. The van der Waals surface area contributed by atoms with Crippen LogP contribution in [-0.2, 0) is 0 Å². The molecule has 19 heavy (non-hydrogen) atoms. The molecule has 0 unspecified atom stereocenters. The quantitative estimate of drug-likeness (QED) is 0.896. The van der Waals surface area contributed by atoms with E-state index in [-0.39, 0.29) is 17.5 Å². The van der Waals surface area contributed by atoms with Gasteiger partial charge in [-0.15, -0.1) is 0 Å². The van der Waals surface area contributed by atoms with Crippen molar-refractivity contribution in [1.82, 2.24) is 4.98 Å². The molecule has 1 aromatic carbocycles. The summed E-state index contributed by atoms with van der Waals surface area (Å²) in [6, 6.07) is 6.45. The molecule has 7 nitrogen and oxygen atoms in total. The number of aromatic carboxylic acids is 1. The summed E-state index contributed by atoms with van der Waals surface area (Å²) in [5, 5.41) is 17.5. The zero-order valence-electron chi connectivity index (χ0n) is 9.78. The van der Waals surface area contributed by atoms with Crippen LogP contribution in [0.2, 0.25) is 0 Å². The number of carboxylic acid groups (broad SMARTS) is 1. The number of hydrogen-bond acceptors (Lipinski definition) is 6. The maximum atomic E-state index is 10.6. The largest absolute Gasteiger partial charge is 0.497 e. The lowest BCUT2D eigenvalue weighted by molar-refractivity contribution is 0.0690. The number of nitriles is 1. The Bertz CT molecular complexity index is 656. The predicted molar refractivity (Wildman–Crippen MR) is 61.2 cm³/mol. The summed E-state index contributed by atoms with van der Waals surface area (Å²) in [4.78, 5) is 14.2. The maximum absolute atomic E-state index is 10.6. The third-order valence-electron chi connectivity index (χ3n) is 2.15. The number of hydrogen-bond donors (Lipinski definition) is 1. The molecule has 1 N–H and O–H groups in total. The molecule has 0 bridgehead atoms. The molecule has 1 heterocycles. The van der Waals surface area contributed by atoms with Crippen molar-refractivity contribution < 1.29 is 23.8 Å². The molecule has 0 saturated heterocycles. The fourth-order valence-electron chi connectivity index (χ4n) is 1.32. The fraction of sp³-hybridized carbons (Fsp3) is 0.0833. The molecular weight excluding hydrogens is 252 g/mol. The number of rotatable bonds is 4. The molecule has 0 amide bonds. The molecule has 0 aliphatic carbocycles. The van der Waals surface area contributed by atoms with Crippen molar-refractivity contribution in [1.29, 1.82) is 5.26 Å². The normalized spacial score (nSPS) is 9.68. The second kappa shape index (κ2) is 5.10. The average Bonchev–Trinajstić information content (AvgIpc) is 2.87. The van der Waals surface area contributed by atoms with E-state index in [1.165, 1.54) is 25.3 Å². The van der Waals surface area contributed by atoms with Crippen molar-refractivity contribution in [3.05, 3.63) is 35.7 Å². The minimum atomic E-state index is -1.22. The maximum Gasteiger partial charge on any atom is 0.399 e. The van der Waals surface area contributed by atoms with Crippen molar-refractivity contribution in [3.63, 3.8) is 0 Å². The molecule has 0 fully saturated rings. The number of carbonyl (C=O) groups is 1. The number of carboxylic acids is 1. The van der Waals surface area contributed by atoms with E-state index in [9.17, 15) is 4.79 Å². The standard InChI is InChI=1S/C12H8N2O5/c1-17-8-2-7(5-13)3-9(4-8)19-12-14-10(6-18-12)11(15)16/h2-4,6H,1H3,(H,15,16). The smallest absolute Gasteiger partial charge is 0.399 e. The van der Waals surface area contributed by atoms with Gasteiger partial charge in [-0.05, 0) is 12.1 Å². The molecule has 1 aromatic heterocycles. The SMILES string of the molecule is COc1cc(C#N)cc(Oc2nc(C(=O)O)co2)c1. The van der Waals surface area contributed by atoms with Gasteiger partial charge in [0, 0.05) is 6.07 Å². The van der Waals surface area contributed by atoms with E-state index in [4.69, 9.17) is 24.3 Å². The summed E-state index contributed by atoms with van der Waals surface area (Å²) in [6.07, 6.45) is 0.734. The van der Waals surface area contributed by atoms with E-state index in [1.54, 1.807) is 0 Å². The third kappa shape index (κ3) is 2.81. The van der Waals surface area contributed by atoms with Crippen molar-refractivity contribution >= 4 is 5.97 Å². The van der Waals surface area contributed by atoms with Gasteiger partial charge in [-0.2, -0.15) is 10.2 Å². The average molecular weight is 260 g/mol. The number of ether oxygens (including phenoxy) is 2. The highest BCUT2D eigenvalue weighted by Gasteiger charge is 2.12. The van der Waals surface area contributed by atoms with E-state index in [2.05, 4.69) is 4.98 Å². The first-order chi connectivity index (χ1) is 9.12. The van der Waals surface area contributed by atoms with Crippen molar-refractivity contribution in [2.24, 2.45) is 0 Å². The molecule has 2 aromatic rings. The highest BCUT2D eigenvalue weighted by atomic mass is 16.6. The van der Waals surface area contributed by atoms with Gasteiger partial charge in [-0.3, -0.25) is 0 Å². The number of aromatic nitrogens is 1. The molecular formula is C12H8N2O5. The zero-order chi connectivity index (χ0) is 13.8. The van der Waals surface area contributed by atoms with E-state index in [1.807, 2.05) is 6.07 Å². The lowest BCUT2D eigenvalue weighted by Gasteiger charge is -2.04. The van der Waals surface area contributed by atoms with Gasteiger partial charge in [-0.25, -0.2) is 4.79 Å². The number of benzene rings is 1.